The predicted molar refractivity (Wildman–Crippen MR) is 172 cm³/mol. The fraction of sp³-hybridized carbons (Fsp3) is 0.394. The van der Waals surface area contributed by atoms with Crippen LogP contribution in [0.1, 0.15) is 71.5 Å². The number of anilines is 1. The molecule has 3 rings (SSSR count). The van der Waals surface area contributed by atoms with E-state index in [9.17, 15) is 23.1 Å². The smallest absolute Gasteiger partial charge is 0.251 e. The third-order valence-electron chi connectivity index (χ3n) is 7.49. The van der Waals surface area contributed by atoms with Crippen LogP contribution >= 0.6 is 0 Å². The second-order valence-corrected chi connectivity index (χ2v) is 12.8. The summed E-state index contributed by atoms with van der Waals surface area (Å²) in [5.74, 6) is -0.982. The van der Waals surface area contributed by atoms with E-state index in [1.54, 1.807) is 0 Å². The molecule has 0 bridgehead atoms. The van der Waals surface area contributed by atoms with Gasteiger partial charge in [-0.1, -0.05) is 74.5 Å². The second-order valence-electron chi connectivity index (χ2n) is 10.8. The molecule has 2 amide bonds. The summed E-state index contributed by atoms with van der Waals surface area (Å²) in [6, 6.07) is 22.1. The SMILES string of the molecule is CCCN[C@H](CC)[C@@H](O)[C@H](Cc1ccccc1)NC(=O)c1cc(C(=O)N[C@H](C)c2ccccc2)cc(N(C)S(C)(=O)=O)c1. The number of hydrogen-bond acceptors (Lipinski definition) is 6. The van der Waals surface area contributed by atoms with Gasteiger partial charge in [-0.15, -0.1) is 0 Å². The third kappa shape index (κ3) is 9.64. The van der Waals surface area contributed by atoms with E-state index in [1.165, 1.54) is 25.2 Å². The van der Waals surface area contributed by atoms with Crippen LogP contribution in [0.4, 0.5) is 5.69 Å². The van der Waals surface area contributed by atoms with Gasteiger partial charge in [0.05, 0.1) is 30.1 Å². The number of carbonyl (C=O) groups is 2. The molecule has 0 saturated carbocycles. The van der Waals surface area contributed by atoms with Crippen molar-refractivity contribution in [3.05, 3.63) is 101 Å². The van der Waals surface area contributed by atoms with Crippen molar-refractivity contribution in [2.24, 2.45) is 0 Å². The minimum Gasteiger partial charge on any atom is -0.389 e. The minimum atomic E-state index is -3.69. The van der Waals surface area contributed by atoms with Crippen molar-refractivity contribution in [3.8, 4) is 0 Å². The summed E-state index contributed by atoms with van der Waals surface area (Å²) in [5.41, 5.74) is 2.25. The fourth-order valence-electron chi connectivity index (χ4n) is 4.85. The Labute approximate surface area is 255 Å². The first-order chi connectivity index (χ1) is 20.4. The highest BCUT2D eigenvalue weighted by Crippen LogP contribution is 2.23. The molecule has 0 aliphatic heterocycles. The number of aliphatic hydroxyl groups excluding tert-OH is 1. The van der Waals surface area contributed by atoms with Crippen molar-refractivity contribution in [1.29, 1.82) is 0 Å². The zero-order chi connectivity index (χ0) is 31.6. The number of carbonyl (C=O) groups excluding carboxylic acids is 2. The molecule has 0 unspecified atom stereocenters. The first kappa shape index (κ1) is 33.8. The standard InChI is InChI=1S/C33H44N4O5S/c1-6-18-34-29(7-2)31(38)30(19-24-14-10-8-11-15-24)36-33(40)27-20-26(21-28(22-27)37(4)43(5,41)42)32(39)35-23(3)25-16-12-9-13-17-25/h8-17,20-23,29-31,34,38H,6-7,18-19H2,1-5H3,(H,35,39)(H,36,40)/t23-,29-,30+,31-/m1/s1. The molecule has 3 aromatic rings. The third-order valence-corrected chi connectivity index (χ3v) is 8.69. The Morgan fingerprint density at radius 1 is 0.860 bits per heavy atom. The Bertz CT molecular complexity index is 1450. The van der Waals surface area contributed by atoms with Crippen LogP contribution in [0.5, 0.6) is 0 Å². The van der Waals surface area contributed by atoms with Crippen molar-refractivity contribution in [2.75, 3.05) is 24.2 Å². The van der Waals surface area contributed by atoms with Gasteiger partial charge in [0, 0.05) is 24.2 Å². The Morgan fingerprint density at radius 3 is 1.95 bits per heavy atom. The number of nitrogens with one attached hydrogen (secondary N) is 3. The van der Waals surface area contributed by atoms with Gasteiger partial charge in [0.1, 0.15) is 0 Å². The molecule has 0 heterocycles. The van der Waals surface area contributed by atoms with E-state index < -0.39 is 34.0 Å². The molecule has 0 aliphatic rings. The van der Waals surface area contributed by atoms with Crippen LogP contribution in [-0.2, 0) is 16.4 Å². The molecule has 3 aromatic carbocycles. The number of benzene rings is 3. The lowest BCUT2D eigenvalue weighted by atomic mass is 9.94. The summed E-state index contributed by atoms with van der Waals surface area (Å²) in [6.07, 6.45) is 2.08. The Hall–Kier alpha value is -3.73. The molecule has 0 fully saturated rings. The number of aliphatic hydroxyl groups is 1. The van der Waals surface area contributed by atoms with E-state index in [2.05, 4.69) is 16.0 Å². The lowest BCUT2D eigenvalue weighted by Gasteiger charge is -2.31. The average Bonchev–Trinajstić information content (AvgIpc) is 3.00. The number of amides is 2. The van der Waals surface area contributed by atoms with Crippen molar-refractivity contribution in [1.82, 2.24) is 16.0 Å². The average molecular weight is 609 g/mol. The van der Waals surface area contributed by atoms with Crippen LogP contribution in [0.2, 0.25) is 0 Å². The van der Waals surface area contributed by atoms with Crippen LogP contribution < -0.4 is 20.3 Å². The van der Waals surface area contributed by atoms with Crippen molar-refractivity contribution >= 4 is 27.5 Å². The van der Waals surface area contributed by atoms with Gasteiger partial charge in [-0.25, -0.2) is 8.42 Å². The predicted octanol–water partition coefficient (Wildman–Crippen LogP) is 4.05. The normalized spacial score (nSPS) is 14.3. The highest BCUT2D eigenvalue weighted by atomic mass is 32.2. The molecule has 0 radical (unpaired) electrons. The highest BCUT2D eigenvalue weighted by Gasteiger charge is 2.29. The zero-order valence-electron chi connectivity index (χ0n) is 25.6. The molecule has 4 atom stereocenters. The lowest BCUT2D eigenvalue weighted by molar-refractivity contribution is 0.0697. The first-order valence-corrected chi connectivity index (χ1v) is 16.5. The molecular weight excluding hydrogens is 564 g/mol. The van der Waals surface area contributed by atoms with Crippen LogP contribution in [0.3, 0.4) is 0 Å². The van der Waals surface area contributed by atoms with Gasteiger partial charge in [-0.05, 0) is 62.1 Å². The monoisotopic (exact) mass is 608 g/mol. The molecular formula is C33H44N4O5S. The molecule has 43 heavy (non-hydrogen) atoms. The van der Waals surface area contributed by atoms with E-state index in [-0.39, 0.29) is 28.9 Å². The van der Waals surface area contributed by atoms with Gasteiger partial charge in [-0.3, -0.25) is 13.9 Å². The summed E-state index contributed by atoms with van der Waals surface area (Å²) in [7, 11) is -2.32. The Morgan fingerprint density at radius 2 is 1.42 bits per heavy atom. The van der Waals surface area contributed by atoms with Crippen molar-refractivity contribution in [3.63, 3.8) is 0 Å². The summed E-state index contributed by atoms with van der Waals surface area (Å²) in [6.45, 7) is 6.59. The van der Waals surface area contributed by atoms with Gasteiger partial charge in [0.15, 0.2) is 0 Å². The van der Waals surface area contributed by atoms with Gasteiger partial charge in [0.25, 0.3) is 11.8 Å². The van der Waals surface area contributed by atoms with Crippen molar-refractivity contribution < 1.29 is 23.1 Å². The van der Waals surface area contributed by atoms with Crippen LogP contribution in [0.15, 0.2) is 78.9 Å². The number of sulfonamides is 1. The summed E-state index contributed by atoms with van der Waals surface area (Å²) in [5, 5.41) is 20.7. The highest BCUT2D eigenvalue weighted by molar-refractivity contribution is 7.92. The number of nitrogens with zero attached hydrogens (tertiary/aromatic N) is 1. The molecule has 0 spiro atoms. The van der Waals surface area contributed by atoms with Gasteiger partial charge < -0.3 is 21.1 Å². The molecule has 0 aliphatic carbocycles. The molecule has 232 valence electrons. The maximum atomic E-state index is 13.8. The molecule has 9 nitrogen and oxygen atoms in total. The van der Waals surface area contributed by atoms with E-state index in [0.717, 1.165) is 34.7 Å². The largest absolute Gasteiger partial charge is 0.389 e. The second kappa shape index (κ2) is 15.7. The van der Waals surface area contributed by atoms with Crippen LogP contribution in [0.25, 0.3) is 0 Å². The van der Waals surface area contributed by atoms with Gasteiger partial charge >= 0.3 is 0 Å². The van der Waals surface area contributed by atoms with Gasteiger partial charge in [-0.2, -0.15) is 0 Å². The minimum absolute atomic E-state index is 0.102. The van der Waals surface area contributed by atoms with E-state index in [4.69, 9.17) is 0 Å². The fourth-order valence-corrected chi connectivity index (χ4v) is 5.33. The number of hydrogen-bond donors (Lipinski definition) is 4. The number of rotatable bonds is 15. The first-order valence-electron chi connectivity index (χ1n) is 14.7. The van der Waals surface area contributed by atoms with E-state index in [1.807, 2.05) is 81.4 Å². The summed E-state index contributed by atoms with van der Waals surface area (Å²) >= 11 is 0. The van der Waals surface area contributed by atoms with Crippen LogP contribution in [-0.4, -0.2) is 63.4 Å². The Kier molecular flexibility index (Phi) is 12.3. The molecule has 10 heteroatoms. The zero-order valence-corrected chi connectivity index (χ0v) is 26.4. The topological polar surface area (TPSA) is 128 Å². The quantitative estimate of drug-likeness (QED) is 0.206. The maximum Gasteiger partial charge on any atom is 0.251 e. The lowest BCUT2D eigenvalue weighted by Crippen LogP contribution is -2.54. The maximum absolute atomic E-state index is 13.8. The summed E-state index contributed by atoms with van der Waals surface area (Å²) < 4.78 is 25.8. The Balaban J connectivity index is 1.97. The van der Waals surface area contributed by atoms with Crippen LogP contribution in [0, 0.1) is 0 Å². The molecule has 4 N–H and O–H groups in total. The van der Waals surface area contributed by atoms with E-state index >= 15 is 0 Å². The summed E-state index contributed by atoms with van der Waals surface area (Å²) in [4.78, 5) is 27.1. The molecule has 0 aromatic heterocycles. The molecule has 0 saturated heterocycles. The van der Waals surface area contributed by atoms with Gasteiger partial charge in [0.2, 0.25) is 10.0 Å². The van der Waals surface area contributed by atoms with Crippen molar-refractivity contribution in [2.45, 2.75) is 64.3 Å². The van der Waals surface area contributed by atoms with E-state index in [0.29, 0.717) is 12.8 Å².